The number of piperidine rings is 1. The summed E-state index contributed by atoms with van der Waals surface area (Å²) in [6.45, 7) is 7.12. The SMILES string of the molecule is CCCNC1(c2nccs2)CCN2CCC1C2. The Kier molecular flexibility index (Phi) is 3.19. The summed E-state index contributed by atoms with van der Waals surface area (Å²) >= 11 is 1.82. The van der Waals surface area contributed by atoms with Crippen LogP contribution in [0.5, 0.6) is 0 Å². The highest BCUT2D eigenvalue weighted by atomic mass is 32.1. The van der Waals surface area contributed by atoms with Gasteiger partial charge in [-0.25, -0.2) is 4.98 Å². The maximum absolute atomic E-state index is 4.62. The Morgan fingerprint density at radius 1 is 1.59 bits per heavy atom. The van der Waals surface area contributed by atoms with Crippen LogP contribution in [0.4, 0.5) is 0 Å². The first-order chi connectivity index (χ1) is 8.35. The molecule has 2 saturated heterocycles. The highest BCUT2D eigenvalue weighted by Crippen LogP contribution is 2.43. The fourth-order valence-electron chi connectivity index (χ4n) is 3.36. The van der Waals surface area contributed by atoms with Gasteiger partial charge in [-0.2, -0.15) is 0 Å². The van der Waals surface area contributed by atoms with Gasteiger partial charge < -0.3 is 10.2 Å². The lowest BCUT2D eigenvalue weighted by molar-refractivity contribution is 0.129. The number of thiazole rings is 1. The third-order valence-electron chi connectivity index (χ3n) is 4.30. The third-order valence-corrected chi connectivity index (χ3v) is 5.25. The highest BCUT2D eigenvalue weighted by molar-refractivity contribution is 7.09. The first-order valence-electron chi connectivity index (χ1n) is 6.72. The minimum Gasteiger partial charge on any atom is -0.305 e. The Morgan fingerprint density at radius 3 is 3.29 bits per heavy atom. The van der Waals surface area contributed by atoms with Crippen LogP contribution in [0, 0.1) is 5.92 Å². The largest absolute Gasteiger partial charge is 0.305 e. The standard InChI is InChI=1S/C13H21N3S/c1-2-5-15-13(12-14-6-9-17-12)4-8-16-7-3-11(13)10-16/h6,9,11,15H,2-5,7-8,10H2,1H3. The number of hydrogen-bond donors (Lipinski definition) is 1. The molecule has 1 aromatic rings. The van der Waals surface area contributed by atoms with E-state index < -0.39 is 0 Å². The van der Waals surface area contributed by atoms with E-state index in [9.17, 15) is 0 Å². The van der Waals surface area contributed by atoms with Crippen LogP contribution in [0.2, 0.25) is 0 Å². The fraction of sp³-hybridized carbons (Fsp3) is 0.769. The summed E-state index contributed by atoms with van der Waals surface area (Å²) in [7, 11) is 0. The molecule has 0 aromatic carbocycles. The van der Waals surface area contributed by atoms with Crippen molar-refractivity contribution in [1.29, 1.82) is 0 Å². The topological polar surface area (TPSA) is 28.2 Å². The van der Waals surface area contributed by atoms with Gasteiger partial charge in [0.05, 0.1) is 5.54 Å². The number of hydrogen-bond acceptors (Lipinski definition) is 4. The number of rotatable bonds is 4. The first-order valence-corrected chi connectivity index (χ1v) is 7.60. The van der Waals surface area contributed by atoms with Crippen molar-refractivity contribution in [1.82, 2.24) is 15.2 Å². The van der Waals surface area contributed by atoms with E-state index in [1.54, 1.807) is 0 Å². The first kappa shape index (κ1) is 11.6. The van der Waals surface area contributed by atoms with Gasteiger partial charge in [-0.15, -0.1) is 11.3 Å². The molecular weight excluding hydrogens is 230 g/mol. The molecule has 0 spiro atoms. The van der Waals surface area contributed by atoms with Gasteiger partial charge >= 0.3 is 0 Å². The normalized spacial score (nSPS) is 36.3. The van der Waals surface area contributed by atoms with Crippen molar-refractivity contribution in [2.24, 2.45) is 5.92 Å². The molecule has 3 unspecified atom stereocenters. The lowest BCUT2D eigenvalue weighted by atomic mass is 9.79. The number of nitrogens with one attached hydrogen (secondary N) is 1. The molecule has 17 heavy (non-hydrogen) atoms. The zero-order chi connectivity index (χ0) is 11.7. The van der Waals surface area contributed by atoms with E-state index in [0.717, 1.165) is 12.5 Å². The molecule has 2 bridgehead atoms. The fourth-order valence-corrected chi connectivity index (χ4v) is 4.28. The summed E-state index contributed by atoms with van der Waals surface area (Å²) in [5.41, 5.74) is 0.178. The number of nitrogens with zero attached hydrogens (tertiary/aromatic N) is 2. The van der Waals surface area contributed by atoms with Crippen LogP contribution >= 0.6 is 11.3 Å². The third kappa shape index (κ3) is 1.92. The molecule has 0 aliphatic carbocycles. The van der Waals surface area contributed by atoms with Crippen LogP contribution in [-0.2, 0) is 5.54 Å². The van der Waals surface area contributed by atoms with Crippen molar-refractivity contribution in [2.75, 3.05) is 26.2 Å². The van der Waals surface area contributed by atoms with Crippen molar-refractivity contribution in [3.63, 3.8) is 0 Å². The number of fused-ring (bicyclic) bond motifs is 2. The van der Waals surface area contributed by atoms with Gasteiger partial charge in [0.15, 0.2) is 0 Å². The molecule has 0 radical (unpaired) electrons. The molecule has 1 N–H and O–H groups in total. The van der Waals surface area contributed by atoms with E-state index in [1.165, 1.54) is 43.9 Å². The monoisotopic (exact) mass is 251 g/mol. The van der Waals surface area contributed by atoms with Gasteiger partial charge in [-0.3, -0.25) is 0 Å². The molecule has 3 heterocycles. The molecule has 1 aromatic heterocycles. The van der Waals surface area contributed by atoms with Gasteiger partial charge in [-0.1, -0.05) is 6.92 Å². The van der Waals surface area contributed by atoms with Crippen LogP contribution in [0.3, 0.4) is 0 Å². The lowest BCUT2D eigenvalue weighted by Crippen LogP contribution is -2.53. The second kappa shape index (κ2) is 4.67. The summed E-state index contributed by atoms with van der Waals surface area (Å²) in [5.74, 6) is 0.758. The van der Waals surface area contributed by atoms with Gasteiger partial charge in [0.25, 0.3) is 0 Å². The van der Waals surface area contributed by atoms with Gasteiger partial charge in [0.2, 0.25) is 0 Å². The Hall–Kier alpha value is -0.450. The minimum atomic E-state index is 0.178. The van der Waals surface area contributed by atoms with Gasteiger partial charge in [0.1, 0.15) is 5.01 Å². The maximum atomic E-state index is 4.62. The molecule has 0 saturated carbocycles. The summed E-state index contributed by atoms with van der Waals surface area (Å²) in [4.78, 5) is 7.22. The quantitative estimate of drug-likeness (QED) is 0.888. The molecular formula is C13H21N3S. The Labute approximate surface area is 107 Å². The smallest absolute Gasteiger partial charge is 0.113 e. The molecule has 2 aliphatic heterocycles. The predicted molar refractivity (Wildman–Crippen MR) is 71.2 cm³/mol. The van der Waals surface area contributed by atoms with Crippen LogP contribution in [0.1, 0.15) is 31.2 Å². The van der Waals surface area contributed by atoms with Crippen molar-refractivity contribution in [3.8, 4) is 0 Å². The Balaban J connectivity index is 1.90. The Bertz CT molecular complexity index is 365. The van der Waals surface area contributed by atoms with E-state index >= 15 is 0 Å². The zero-order valence-corrected chi connectivity index (χ0v) is 11.3. The highest BCUT2D eigenvalue weighted by Gasteiger charge is 2.48. The molecule has 3 rings (SSSR count). The van der Waals surface area contributed by atoms with Crippen molar-refractivity contribution >= 4 is 11.3 Å². The lowest BCUT2D eigenvalue weighted by Gasteiger charge is -2.42. The van der Waals surface area contributed by atoms with Crippen LogP contribution in [0.15, 0.2) is 11.6 Å². The Morgan fingerprint density at radius 2 is 2.53 bits per heavy atom. The van der Waals surface area contributed by atoms with E-state index in [-0.39, 0.29) is 5.54 Å². The van der Waals surface area contributed by atoms with Crippen LogP contribution in [0.25, 0.3) is 0 Å². The van der Waals surface area contributed by atoms with Crippen LogP contribution < -0.4 is 5.32 Å². The second-order valence-electron chi connectivity index (χ2n) is 5.27. The van der Waals surface area contributed by atoms with E-state index in [4.69, 9.17) is 0 Å². The summed E-state index contributed by atoms with van der Waals surface area (Å²) < 4.78 is 0. The molecule has 2 fully saturated rings. The second-order valence-corrected chi connectivity index (χ2v) is 6.17. The molecule has 0 amide bonds. The van der Waals surface area contributed by atoms with Gasteiger partial charge in [0, 0.05) is 24.7 Å². The molecule has 2 aliphatic rings. The number of aromatic nitrogens is 1. The van der Waals surface area contributed by atoms with Crippen molar-refractivity contribution < 1.29 is 0 Å². The molecule has 94 valence electrons. The summed E-state index contributed by atoms with van der Waals surface area (Å²) in [5, 5.41) is 7.27. The maximum Gasteiger partial charge on any atom is 0.113 e. The van der Waals surface area contributed by atoms with E-state index in [2.05, 4.69) is 27.5 Å². The predicted octanol–water partition coefficient (Wildman–Crippen LogP) is 2.06. The van der Waals surface area contributed by atoms with Gasteiger partial charge in [-0.05, 0) is 38.3 Å². The van der Waals surface area contributed by atoms with E-state index in [0.29, 0.717) is 0 Å². The average molecular weight is 251 g/mol. The zero-order valence-electron chi connectivity index (χ0n) is 10.5. The molecule has 3 nitrogen and oxygen atoms in total. The minimum absolute atomic E-state index is 0.178. The molecule has 3 atom stereocenters. The molecule has 4 heteroatoms. The summed E-state index contributed by atoms with van der Waals surface area (Å²) in [6, 6.07) is 0. The van der Waals surface area contributed by atoms with Crippen molar-refractivity contribution in [2.45, 2.75) is 31.7 Å². The van der Waals surface area contributed by atoms with Crippen LogP contribution in [-0.4, -0.2) is 36.1 Å². The summed E-state index contributed by atoms with van der Waals surface area (Å²) in [6.07, 6.45) is 5.71. The average Bonchev–Trinajstić information content (AvgIpc) is 3.00. The van der Waals surface area contributed by atoms with E-state index in [1.807, 2.05) is 17.5 Å². The van der Waals surface area contributed by atoms with Crippen molar-refractivity contribution in [3.05, 3.63) is 16.6 Å².